The lowest BCUT2D eigenvalue weighted by atomic mass is 10.0. The van der Waals surface area contributed by atoms with Gasteiger partial charge in [0, 0.05) is 38.6 Å². The number of imidazole rings is 1. The van der Waals surface area contributed by atoms with Crippen molar-refractivity contribution < 1.29 is 14.3 Å². The van der Waals surface area contributed by atoms with Crippen molar-refractivity contribution in [3.8, 4) is 17.4 Å². The number of ether oxygens (including phenoxy) is 2. The number of carbonyl (C=O) groups is 1. The Balaban J connectivity index is 1.59. The lowest BCUT2D eigenvalue weighted by Gasteiger charge is -2.21. The van der Waals surface area contributed by atoms with Gasteiger partial charge in [0.1, 0.15) is 11.4 Å². The predicted molar refractivity (Wildman–Crippen MR) is 108 cm³/mol. The minimum Gasteiger partial charge on any atom is -0.477 e. The largest absolute Gasteiger partial charge is 0.477 e. The summed E-state index contributed by atoms with van der Waals surface area (Å²) in [6.45, 7) is 1.95. The third-order valence-electron chi connectivity index (χ3n) is 4.83. The normalized spacial score (nSPS) is 14.4. The first-order chi connectivity index (χ1) is 14.6. The van der Waals surface area contributed by atoms with E-state index >= 15 is 0 Å². The van der Waals surface area contributed by atoms with Gasteiger partial charge in [0.25, 0.3) is 5.91 Å². The van der Waals surface area contributed by atoms with Gasteiger partial charge >= 0.3 is 0 Å². The SMILES string of the molecule is Cn1cncc1-c1nc(OCC2CCOCC2)cc(C(=O)Nc2ccc(=O)[nH]c2)n1. The molecule has 0 atom stereocenters. The number of aromatic amines is 1. The van der Waals surface area contributed by atoms with Crippen molar-refractivity contribution in [2.75, 3.05) is 25.1 Å². The summed E-state index contributed by atoms with van der Waals surface area (Å²) in [5.41, 5.74) is 1.00. The van der Waals surface area contributed by atoms with Crippen molar-refractivity contribution in [2.24, 2.45) is 13.0 Å². The molecule has 4 heterocycles. The van der Waals surface area contributed by atoms with Gasteiger partial charge in [-0.1, -0.05) is 0 Å². The van der Waals surface area contributed by atoms with Gasteiger partial charge in [0.15, 0.2) is 5.82 Å². The first kappa shape index (κ1) is 19.8. The van der Waals surface area contributed by atoms with Crippen LogP contribution in [0.3, 0.4) is 0 Å². The highest BCUT2D eigenvalue weighted by Crippen LogP contribution is 2.21. The molecule has 3 aromatic rings. The van der Waals surface area contributed by atoms with Crippen LogP contribution in [0.4, 0.5) is 5.69 Å². The molecule has 0 saturated carbocycles. The maximum Gasteiger partial charge on any atom is 0.274 e. The van der Waals surface area contributed by atoms with E-state index in [9.17, 15) is 9.59 Å². The highest BCUT2D eigenvalue weighted by atomic mass is 16.5. The van der Waals surface area contributed by atoms with Crippen LogP contribution in [0.1, 0.15) is 23.3 Å². The van der Waals surface area contributed by atoms with E-state index in [0.29, 0.717) is 35.6 Å². The number of pyridine rings is 1. The molecule has 1 aliphatic heterocycles. The lowest BCUT2D eigenvalue weighted by molar-refractivity contribution is 0.0490. The minimum atomic E-state index is -0.441. The molecule has 10 heteroatoms. The fourth-order valence-corrected chi connectivity index (χ4v) is 3.10. The minimum absolute atomic E-state index is 0.148. The Bertz CT molecular complexity index is 1070. The first-order valence-corrected chi connectivity index (χ1v) is 9.65. The van der Waals surface area contributed by atoms with E-state index in [4.69, 9.17) is 9.47 Å². The number of rotatable bonds is 6. The monoisotopic (exact) mass is 410 g/mol. The number of aryl methyl sites for hydroxylation is 1. The summed E-state index contributed by atoms with van der Waals surface area (Å²) < 4.78 is 13.1. The zero-order valence-corrected chi connectivity index (χ0v) is 16.5. The van der Waals surface area contributed by atoms with Crippen molar-refractivity contribution >= 4 is 11.6 Å². The second-order valence-electron chi connectivity index (χ2n) is 7.07. The van der Waals surface area contributed by atoms with Gasteiger partial charge in [-0.2, -0.15) is 4.98 Å². The Kier molecular flexibility index (Phi) is 5.84. The van der Waals surface area contributed by atoms with Crippen LogP contribution in [-0.4, -0.2) is 50.2 Å². The number of H-pyrrole nitrogens is 1. The van der Waals surface area contributed by atoms with Gasteiger partial charge in [-0.15, -0.1) is 0 Å². The predicted octanol–water partition coefficient (Wildman–Crippen LogP) is 1.62. The molecular weight excluding hydrogens is 388 g/mol. The van der Waals surface area contributed by atoms with E-state index in [1.165, 1.54) is 24.4 Å². The molecule has 1 fully saturated rings. The van der Waals surface area contributed by atoms with E-state index in [1.54, 1.807) is 17.1 Å². The fourth-order valence-electron chi connectivity index (χ4n) is 3.10. The van der Waals surface area contributed by atoms with Gasteiger partial charge in [0.2, 0.25) is 11.4 Å². The van der Waals surface area contributed by atoms with Crippen LogP contribution < -0.4 is 15.6 Å². The molecule has 156 valence electrons. The molecule has 30 heavy (non-hydrogen) atoms. The van der Waals surface area contributed by atoms with Gasteiger partial charge in [0.05, 0.1) is 24.8 Å². The summed E-state index contributed by atoms with van der Waals surface area (Å²) in [4.78, 5) is 39.5. The molecule has 1 aliphatic rings. The summed E-state index contributed by atoms with van der Waals surface area (Å²) in [5.74, 6) is 0.599. The highest BCUT2D eigenvalue weighted by Gasteiger charge is 2.18. The smallest absolute Gasteiger partial charge is 0.274 e. The van der Waals surface area contributed by atoms with Crippen LogP contribution in [0, 0.1) is 5.92 Å². The van der Waals surface area contributed by atoms with E-state index in [2.05, 4.69) is 25.3 Å². The lowest BCUT2D eigenvalue weighted by Crippen LogP contribution is -2.22. The molecule has 2 N–H and O–H groups in total. The van der Waals surface area contributed by atoms with Crippen molar-refractivity contribution in [2.45, 2.75) is 12.8 Å². The maximum absolute atomic E-state index is 12.8. The van der Waals surface area contributed by atoms with Gasteiger partial charge in [-0.3, -0.25) is 9.59 Å². The van der Waals surface area contributed by atoms with Gasteiger partial charge in [-0.25, -0.2) is 9.97 Å². The number of nitrogens with zero attached hydrogens (tertiary/aromatic N) is 4. The maximum atomic E-state index is 12.8. The molecule has 1 saturated heterocycles. The summed E-state index contributed by atoms with van der Waals surface area (Å²) in [6, 6.07) is 4.36. The van der Waals surface area contributed by atoms with Crippen LogP contribution in [0.15, 0.2) is 41.7 Å². The van der Waals surface area contributed by atoms with Gasteiger partial charge < -0.3 is 24.3 Å². The summed E-state index contributed by atoms with van der Waals surface area (Å²) >= 11 is 0. The van der Waals surface area contributed by atoms with E-state index in [-0.39, 0.29) is 11.3 Å². The van der Waals surface area contributed by atoms with Crippen LogP contribution in [0.25, 0.3) is 11.5 Å². The number of amides is 1. The fraction of sp³-hybridized carbons (Fsp3) is 0.350. The third-order valence-corrected chi connectivity index (χ3v) is 4.83. The van der Waals surface area contributed by atoms with Crippen molar-refractivity contribution in [3.05, 3.63) is 53.0 Å². The second-order valence-corrected chi connectivity index (χ2v) is 7.07. The molecule has 0 unspecified atom stereocenters. The molecule has 0 spiro atoms. The Morgan fingerprint density at radius 2 is 2.17 bits per heavy atom. The van der Waals surface area contributed by atoms with Crippen LogP contribution in [0.2, 0.25) is 0 Å². The zero-order chi connectivity index (χ0) is 20.9. The number of hydrogen-bond acceptors (Lipinski definition) is 7. The second kappa shape index (κ2) is 8.87. The third kappa shape index (κ3) is 4.71. The topological polar surface area (TPSA) is 124 Å². The van der Waals surface area contributed by atoms with Crippen LogP contribution in [0.5, 0.6) is 5.88 Å². The van der Waals surface area contributed by atoms with E-state index in [1.807, 2.05) is 7.05 Å². The number of aromatic nitrogens is 5. The Hall–Kier alpha value is -3.53. The molecule has 0 radical (unpaired) electrons. The summed E-state index contributed by atoms with van der Waals surface area (Å²) in [5, 5.41) is 2.71. The molecule has 4 rings (SSSR count). The first-order valence-electron chi connectivity index (χ1n) is 9.65. The average molecular weight is 410 g/mol. The van der Waals surface area contributed by atoms with Crippen LogP contribution in [-0.2, 0) is 11.8 Å². The Morgan fingerprint density at radius 1 is 1.33 bits per heavy atom. The quantitative estimate of drug-likeness (QED) is 0.633. The number of anilines is 1. The molecule has 0 bridgehead atoms. The number of carbonyl (C=O) groups excluding carboxylic acids is 1. The summed E-state index contributed by atoms with van der Waals surface area (Å²) in [7, 11) is 1.82. The molecule has 10 nitrogen and oxygen atoms in total. The highest BCUT2D eigenvalue weighted by molar-refractivity contribution is 6.03. The molecule has 1 amide bonds. The molecule has 3 aromatic heterocycles. The van der Waals surface area contributed by atoms with Gasteiger partial charge in [-0.05, 0) is 24.8 Å². The van der Waals surface area contributed by atoms with Crippen molar-refractivity contribution in [1.82, 2.24) is 24.5 Å². The molecule has 0 aliphatic carbocycles. The van der Waals surface area contributed by atoms with Crippen molar-refractivity contribution in [3.63, 3.8) is 0 Å². The summed E-state index contributed by atoms with van der Waals surface area (Å²) in [6.07, 6.45) is 6.54. The van der Waals surface area contributed by atoms with E-state index in [0.717, 1.165) is 26.1 Å². The standard InChI is InChI=1S/C20H22N6O4/c1-26-12-21-10-16(26)19-24-15(20(28)23-14-2-3-17(27)22-9-14)8-18(25-19)30-11-13-4-6-29-7-5-13/h2-3,8-10,12-13H,4-7,11H2,1H3,(H,22,27)(H,23,28). The average Bonchev–Trinajstić information content (AvgIpc) is 3.20. The molecular formula is C20H22N6O4. The van der Waals surface area contributed by atoms with Crippen LogP contribution >= 0.6 is 0 Å². The zero-order valence-electron chi connectivity index (χ0n) is 16.5. The number of hydrogen-bond donors (Lipinski definition) is 2. The molecule has 0 aromatic carbocycles. The Labute approximate surface area is 172 Å². The van der Waals surface area contributed by atoms with Crippen molar-refractivity contribution in [1.29, 1.82) is 0 Å². The number of nitrogens with one attached hydrogen (secondary N) is 2. The van der Waals surface area contributed by atoms with E-state index < -0.39 is 5.91 Å². The Morgan fingerprint density at radius 3 is 2.87 bits per heavy atom.